The Kier molecular flexibility index (Phi) is 8.77. The number of alkyl carbamates (subject to hydrolysis) is 1. The number of aromatic nitrogens is 2. The summed E-state index contributed by atoms with van der Waals surface area (Å²) in [6, 6.07) is 9.54. The lowest BCUT2D eigenvalue weighted by Gasteiger charge is -2.11. The average molecular weight is 474 g/mol. The minimum absolute atomic E-state index is 0.00461. The number of rotatable bonds is 10. The van der Waals surface area contributed by atoms with Crippen molar-refractivity contribution >= 4 is 51.7 Å². The number of ether oxygens (including phenoxy) is 1. The quantitative estimate of drug-likeness (QED) is 0.340. The van der Waals surface area contributed by atoms with Gasteiger partial charge in [-0.3, -0.25) is 4.79 Å². The van der Waals surface area contributed by atoms with Gasteiger partial charge in [-0.2, -0.15) is 0 Å². The van der Waals surface area contributed by atoms with Gasteiger partial charge in [0.05, 0.1) is 17.1 Å². The van der Waals surface area contributed by atoms with Gasteiger partial charge in [-0.1, -0.05) is 24.9 Å². The molecule has 0 bridgehead atoms. The molecule has 0 spiro atoms. The molecule has 1 heterocycles. The van der Waals surface area contributed by atoms with Gasteiger partial charge >= 0.3 is 6.09 Å². The van der Waals surface area contributed by atoms with Crippen LogP contribution in [0.3, 0.4) is 0 Å². The fraction of sp³-hybridized carbons (Fsp3) is 0.304. The largest absolute Gasteiger partial charge is 0.450 e. The van der Waals surface area contributed by atoms with Crippen LogP contribution in [0, 0.1) is 5.82 Å². The number of halogens is 2. The molecule has 0 saturated heterocycles. The highest BCUT2D eigenvalue weighted by molar-refractivity contribution is 6.31. The van der Waals surface area contributed by atoms with Gasteiger partial charge in [-0.25, -0.2) is 19.2 Å². The lowest BCUT2D eigenvalue weighted by Crippen LogP contribution is -2.26. The lowest BCUT2D eigenvalue weighted by atomic mass is 10.2. The van der Waals surface area contributed by atoms with E-state index in [1.54, 1.807) is 24.3 Å². The summed E-state index contributed by atoms with van der Waals surface area (Å²) in [5, 5.41) is 9.23. The summed E-state index contributed by atoms with van der Waals surface area (Å²) in [5.41, 5.74) is 1.82. The molecule has 2 amide bonds. The molecular formula is C23H25ClFN5O3. The van der Waals surface area contributed by atoms with Gasteiger partial charge in [-0.05, 0) is 49.2 Å². The topological polar surface area (TPSA) is 105 Å². The van der Waals surface area contributed by atoms with E-state index in [0.717, 1.165) is 12.8 Å². The fourth-order valence-corrected chi connectivity index (χ4v) is 3.15. The van der Waals surface area contributed by atoms with Crippen LogP contribution in [0.15, 0.2) is 42.7 Å². The van der Waals surface area contributed by atoms with Crippen molar-refractivity contribution in [2.75, 3.05) is 23.8 Å². The average Bonchev–Trinajstić information content (AvgIpc) is 2.80. The Bertz CT molecular complexity index is 1130. The zero-order valence-electron chi connectivity index (χ0n) is 18.2. The molecule has 0 saturated carbocycles. The van der Waals surface area contributed by atoms with Gasteiger partial charge in [0.25, 0.3) is 0 Å². The molecule has 0 aliphatic carbocycles. The Morgan fingerprint density at radius 1 is 1.09 bits per heavy atom. The molecule has 1 aromatic heterocycles. The number of carbonyl (C=O) groups is 2. The number of nitrogens with zero attached hydrogens (tertiary/aromatic N) is 2. The highest BCUT2D eigenvalue weighted by Crippen LogP contribution is 2.27. The molecule has 8 nitrogen and oxygen atoms in total. The van der Waals surface area contributed by atoms with E-state index in [1.165, 1.54) is 18.5 Å². The normalized spacial score (nSPS) is 10.6. The van der Waals surface area contributed by atoms with Crippen molar-refractivity contribution in [2.24, 2.45) is 0 Å². The molecule has 0 atom stereocenters. The molecule has 3 rings (SSSR count). The van der Waals surface area contributed by atoms with Gasteiger partial charge in [0, 0.05) is 29.7 Å². The summed E-state index contributed by atoms with van der Waals surface area (Å²) >= 11 is 5.85. The molecule has 174 valence electrons. The fourth-order valence-electron chi connectivity index (χ4n) is 2.97. The molecule has 10 heteroatoms. The summed E-state index contributed by atoms with van der Waals surface area (Å²) < 4.78 is 18.4. The van der Waals surface area contributed by atoms with Crippen molar-refractivity contribution in [2.45, 2.75) is 32.6 Å². The van der Waals surface area contributed by atoms with E-state index in [0.29, 0.717) is 47.7 Å². The van der Waals surface area contributed by atoms with E-state index in [1.807, 2.05) is 6.92 Å². The summed E-state index contributed by atoms with van der Waals surface area (Å²) in [5.74, 6) is -0.208. The number of unbranched alkanes of at least 4 members (excludes halogenated alkanes) is 1. The van der Waals surface area contributed by atoms with Crippen LogP contribution >= 0.6 is 11.6 Å². The first-order chi connectivity index (χ1) is 16.0. The number of amides is 2. The second kappa shape index (κ2) is 12.0. The number of anilines is 3. The minimum atomic E-state index is -0.511. The van der Waals surface area contributed by atoms with E-state index in [4.69, 9.17) is 16.3 Å². The van der Waals surface area contributed by atoms with Gasteiger partial charge in [0.15, 0.2) is 0 Å². The molecule has 0 unspecified atom stereocenters. The number of hydrogen-bond acceptors (Lipinski definition) is 6. The zero-order valence-corrected chi connectivity index (χ0v) is 18.9. The third kappa shape index (κ3) is 7.28. The molecule has 0 aliphatic rings. The third-order valence-corrected chi connectivity index (χ3v) is 4.97. The molecular weight excluding hydrogens is 449 g/mol. The first-order valence-electron chi connectivity index (χ1n) is 10.6. The SMILES string of the molecule is CCCCOC(=O)NCCCC(=O)Nc1ccc2ncnc(Nc3ccc(F)c(Cl)c3)c2c1. The van der Waals surface area contributed by atoms with E-state index >= 15 is 0 Å². The van der Waals surface area contributed by atoms with Crippen LogP contribution in [0.4, 0.5) is 26.4 Å². The Labute approximate surface area is 195 Å². The van der Waals surface area contributed by atoms with E-state index in [-0.39, 0.29) is 17.4 Å². The summed E-state index contributed by atoms with van der Waals surface area (Å²) in [7, 11) is 0. The summed E-state index contributed by atoms with van der Waals surface area (Å²) in [6.07, 6.45) is 3.42. The van der Waals surface area contributed by atoms with Gasteiger partial charge < -0.3 is 20.7 Å². The highest BCUT2D eigenvalue weighted by Gasteiger charge is 2.09. The van der Waals surface area contributed by atoms with E-state index < -0.39 is 11.9 Å². The first kappa shape index (κ1) is 24.2. The van der Waals surface area contributed by atoms with Gasteiger partial charge in [0.1, 0.15) is 18.0 Å². The number of benzene rings is 2. The van der Waals surface area contributed by atoms with Crippen molar-refractivity contribution < 1.29 is 18.7 Å². The lowest BCUT2D eigenvalue weighted by molar-refractivity contribution is -0.116. The van der Waals surface area contributed by atoms with Crippen LogP contribution in [0.5, 0.6) is 0 Å². The first-order valence-corrected chi connectivity index (χ1v) is 11.0. The van der Waals surface area contributed by atoms with Gasteiger partial charge in [0.2, 0.25) is 5.91 Å². The van der Waals surface area contributed by atoms with Crippen molar-refractivity contribution in [3.8, 4) is 0 Å². The Morgan fingerprint density at radius 2 is 1.91 bits per heavy atom. The third-order valence-electron chi connectivity index (χ3n) is 4.68. The smallest absolute Gasteiger partial charge is 0.407 e. The Morgan fingerprint density at radius 3 is 2.70 bits per heavy atom. The summed E-state index contributed by atoms with van der Waals surface area (Å²) in [4.78, 5) is 32.3. The van der Waals surface area contributed by atoms with Crippen molar-refractivity contribution in [1.29, 1.82) is 0 Å². The van der Waals surface area contributed by atoms with Crippen LogP contribution in [0.25, 0.3) is 10.9 Å². The molecule has 3 N–H and O–H groups in total. The van der Waals surface area contributed by atoms with Crippen LogP contribution < -0.4 is 16.0 Å². The standard InChI is InChI=1S/C23H25ClFN5O3/c1-2-3-11-33-23(32)26-10-4-5-21(31)29-15-7-9-20-17(12-15)22(28-14-27-20)30-16-6-8-19(25)18(24)13-16/h6-9,12-14H,2-5,10-11H2,1H3,(H,26,32)(H,29,31)(H,27,28,30). The molecule has 2 aromatic carbocycles. The van der Waals surface area contributed by atoms with Crippen LogP contribution in [0.2, 0.25) is 5.02 Å². The maximum Gasteiger partial charge on any atom is 0.407 e. The molecule has 3 aromatic rings. The molecule has 33 heavy (non-hydrogen) atoms. The molecule has 0 radical (unpaired) electrons. The Balaban J connectivity index is 1.57. The second-order valence-electron chi connectivity index (χ2n) is 7.28. The minimum Gasteiger partial charge on any atom is -0.450 e. The summed E-state index contributed by atoms with van der Waals surface area (Å²) in [6.45, 7) is 2.75. The van der Waals surface area contributed by atoms with Crippen LogP contribution in [-0.4, -0.2) is 35.1 Å². The zero-order chi connectivity index (χ0) is 23.6. The van der Waals surface area contributed by atoms with Gasteiger partial charge in [-0.15, -0.1) is 0 Å². The molecule has 0 aliphatic heterocycles. The van der Waals surface area contributed by atoms with E-state index in [2.05, 4.69) is 25.9 Å². The number of hydrogen-bond donors (Lipinski definition) is 3. The maximum atomic E-state index is 13.4. The van der Waals surface area contributed by atoms with E-state index in [9.17, 15) is 14.0 Å². The monoisotopic (exact) mass is 473 g/mol. The predicted octanol–water partition coefficient (Wildman–Crippen LogP) is 5.41. The number of carbonyl (C=O) groups excluding carboxylic acids is 2. The highest BCUT2D eigenvalue weighted by atomic mass is 35.5. The number of nitrogens with one attached hydrogen (secondary N) is 3. The van der Waals surface area contributed by atoms with Crippen molar-refractivity contribution in [3.05, 3.63) is 53.6 Å². The second-order valence-corrected chi connectivity index (χ2v) is 7.68. The van der Waals surface area contributed by atoms with Crippen molar-refractivity contribution in [3.63, 3.8) is 0 Å². The van der Waals surface area contributed by atoms with Crippen molar-refractivity contribution in [1.82, 2.24) is 15.3 Å². The number of fused-ring (bicyclic) bond motifs is 1. The predicted molar refractivity (Wildman–Crippen MR) is 126 cm³/mol. The van der Waals surface area contributed by atoms with Crippen LogP contribution in [0.1, 0.15) is 32.6 Å². The maximum absolute atomic E-state index is 13.4. The Hall–Kier alpha value is -3.46. The van der Waals surface area contributed by atoms with Crippen LogP contribution in [-0.2, 0) is 9.53 Å². The molecule has 0 fully saturated rings.